The molecule has 0 radical (unpaired) electrons. The molecule has 5 heteroatoms. The van der Waals surface area contributed by atoms with Crippen LogP contribution in [-0.2, 0) is 21.5 Å². The summed E-state index contributed by atoms with van der Waals surface area (Å²) in [7, 11) is 0. The summed E-state index contributed by atoms with van der Waals surface area (Å²) < 4.78 is 0. The predicted molar refractivity (Wildman–Crippen MR) is 86.5 cm³/mol. The standard InChI is InChI=1S/C17H23N3O2/c1-11-9-13(17(2,3)4)6-5-12(11)10-18-16(22)14-7-8-15(21)20-19-14/h5-6,9H,7-8,10H2,1-4H3,(H,18,22)(H,20,21). The average molecular weight is 301 g/mol. The molecule has 1 aliphatic rings. The van der Waals surface area contributed by atoms with Crippen LogP contribution in [0.3, 0.4) is 0 Å². The van der Waals surface area contributed by atoms with Gasteiger partial charge >= 0.3 is 0 Å². The summed E-state index contributed by atoms with van der Waals surface area (Å²) in [6.45, 7) is 9.05. The molecule has 118 valence electrons. The van der Waals surface area contributed by atoms with E-state index in [2.05, 4.69) is 61.7 Å². The summed E-state index contributed by atoms with van der Waals surface area (Å²) in [4.78, 5) is 23.0. The van der Waals surface area contributed by atoms with E-state index < -0.39 is 0 Å². The van der Waals surface area contributed by atoms with Gasteiger partial charge in [-0.3, -0.25) is 9.59 Å². The molecule has 0 saturated heterocycles. The number of hydrogen-bond acceptors (Lipinski definition) is 3. The second-order valence-electron chi connectivity index (χ2n) is 6.67. The van der Waals surface area contributed by atoms with Crippen LogP contribution in [0, 0.1) is 6.92 Å². The lowest BCUT2D eigenvalue weighted by Crippen LogP contribution is -2.36. The van der Waals surface area contributed by atoms with Gasteiger partial charge in [-0.1, -0.05) is 39.0 Å². The Bertz CT molecular complexity index is 627. The third kappa shape index (κ3) is 3.93. The fourth-order valence-corrected chi connectivity index (χ4v) is 2.28. The fourth-order valence-electron chi connectivity index (χ4n) is 2.28. The zero-order valence-corrected chi connectivity index (χ0v) is 13.6. The van der Waals surface area contributed by atoms with Crippen molar-refractivity contribution < 1.29 is 9.59 Å². The van der Waals surface area contributed by atoms with Gasteiger partial charge in [0.05, 0.1) is 0 Å². The first-order chi connectivity index (χ1) is 10.3. The third-order valence-corrected chi connectivity index (χ3v) is 3.81. The van der Waals surface area contributed by atoms with Gasteiger partial charge in [-0.15, -0.1) is 0 Å². The van der Waals surface area contributed by atoms with E-state index in [1.807, 2.05) is 0 Å². The molecule has 0 bridgehead atoms. The normalized spacial score (nSPS) is 15.1. The van der Waals surface area contributed by atoms with E-state index in [-0.39, 0.29) is 17.2 Å². The molecule has 1 aromatic carbocycles. The summed E-state index contributed by atoms with van der Waals surface area (Å²) in [5.41, 5.74) is 6.35. The second-order valence-corrected chi connectivity index (χ2v) is 6.67. The zero-order chi connectivity index (χ0) is 16.3. The van der Waals surface area contributed by atoms with Gasteiger partial charge in [0.1, 0.15) is 5.71 Å². The van der Waals surface area contributed by atoms with Crippen molar-refractivity contribution in [3.8, 4) is 0 Å². The lowest BCUT2D eigenvalue weighted by atomic mass is 9.85. The molecule has 2 rings (SSSR count). The molecule has 0 aromatic heterocycles. The molecular weight excluding hydrogens is 278 g/mol. The molecule has 1 aliphatic heterocycles. The van der Waals surface area contributed by atoms with E-state index in [0.717, 1.165) is 11.1 Å². The van der Waals surface area contributed by atoms with Crippen molar-refractivity contribution in [2.24, 2.45) is 5.10 Å². The number of aryl methyl sites for hydroxylation is 1. The molecule has 22 heavy (non-hydrogen) atoms. The molecular formula is C17H23N3O2. The van der Waals surface area contributed by atoms with Gasteiger partial charge in [0.15, 0.2) is 0 Å². The highest BCUT2D eigenvalue weighted by Crippen LogP contribution is 2.24. The first-order valence-electron chi connectivity index (χ1n) is 7.51. The maximum Gasteiger partial charge on any atom is 0.267 e. The molecule has 0 saturated carbocycles. The number of nitrogens with zero attached hydrogens (tertiary/aromatic N) is 1. The lowest BCUT2D eigenvalue weighted by Gasteiger charge is -2.20. The van der Waals surface area contributed by atoms with Crippen molar-refractivity contribution in [1.82, 2.24) is 10.7 Å². The van der Waals surface area contributed by atoms with Crippen LogP contribution in [0.5, 0.6) is 0 Å². The highest BCUT2D eigenvalue weighted by atomic mass is 16.2. The molecule has 2 amide bonds. The van der Waals surface area contributed by atoms with Crippen molar-refractivity contribution in [2.45, 2.75) is 52.5 Å². The number of nitrogens with one attached hydrogen (secondary N) is 2. The summed E-state index contributed by atoms with van der Waals surface area (Å²) in [6.07, 6.45) is 0.700. The summed E-state index contributed by atoms with van der Waals surface area (Å²) in [5.74, 6) is -0.371. The van der Waals surface area contributed by atoms with Crippen LogP contribution in [0.15, 0.2) is 23.3 Å². The lowest BCUT2D eigenvalue weighted by molar-refractivity contribution is -0.121. The number of amides is 2. The van der Waals surface area contributed by atoms with E-state index in [0.29, 0.717) is 25.1 Å². The smallest absolute Gasteiger partial charge is 0.267 e. The highest BCUT2D eigenvalue weighted by Gasteiger charge is 2.18. The largest absolute Gasteiger partial charge is 0.347 e. The van der Waals surface area contributed by atoms with Gasteiger partial charge in [-0.05, 0) is 29.0 Å². The number of benzene rings is 1. The van der Waals surface area contributed by atoms with Crippen LogP contribution in [0.25, 0.3) is 0 Å². The van der Waals surface area contributed by atoms with E-state index in [9.17, 15) is 9.59 Å². The van der Waals surface area contributed by atoms with Crippen LogP contribution in [0.4, 0.5) is 0 Å². The minimum absolute atomic E-state index is 0.113. The van der Waals surface area contributed by atoms with Crippen molar-refractivity contribution in [2.75, 3.05) is 0 Å². The van der Waals surface area contributed by atoms with Crippen LogP contribution in [0.1, 0.15) is 50.3 Å². The fraction of sp³-hybridized carbons (Fsp3) is 0.471. The van der Waals surface area contributed by atoms with Crippen molar-refractivity contribution >= 4 is 17.5 Å². The number of carbonyl (C=O) groups is 2. The van der Waals surface area contributed by atoms with Gasteiger partial charge in [-0.2, -0.15) is 5.10 Å². The van der Waals surface area contributed by atoms with Crippen LogP contribution < -0.4 is 10.7 Å². The second kappa shape index (κ2) is 6.30. The molecule has 1 heterocycles. The molecule has 0 fully saturated rings. The third-order valence-electron chi connectivity index (χ3n) is 3.81. The molecule has 2 N–H and O–H groups in total. The molecule has 0 aliphatic carbocycles. The van der Waals surface area contributed by atoms with Crippen LogP contribution in [-0.4, -0.2) is 17.5 Å². The zero-order valence-electron chi connectivity index (χ0n) is 13.6. The Kier molecular flexibility index (Phi) is 4.64. The molecule has 5 nitrogen and oxygen atoms in total. The molecule has 0 atom stereocenters. The van der Waals surface area contributed by atoms with Gasteiger partial charge in [0.2, 0.25) is 5.91 Å². The monoisotopic (exact) mass is 301 g/mol. The highest BCUT2D eigenvalue weighted by molar-refractivity contribution is 6.39. The predicted octanol–water partition coefficient (Wildman–Crippen LogP) is 2.17. The Morgan fingerprint density at radius 2 is 2.05 bits per heavy atom. The van der Waals surface area contributed by atoms with Gasteiger partial charge in [0, 0.05) is 19.4 Å². The summed E-state index contributed by atoms with van der Waals surface area (Å²) in [6, 6.07) is 6.33. The number of rotatable bonds is 3. The van der Waals surface area contributed by atoms with Gasteiger partial charge in [-0.25, -0.2) is 5.43 Å². The molecule has 1 aromatic rings. The van der Waals surface area contributed by atoms with Gasteiger partial charge in [0.25, 0.3) is 5.91 Å². The maximum absolute atomic E-state index is 12.0. The van der Waals surface area contributed by atoms with Crippen molar-refractivity contribution in [3.63, 3.8) is 0 Å². The minimum Gasteiger partial charge on any atom is -0.347 e. The first-order valence-corrected chi connectivity index (χ1v) is 7.51. The summed E-state index contributed by atoms with van der Waals surface area (Å²) in [5, 5.41) is 6.66. The Morgan fingerprint density at radius 1 is 1.32 bits per heavy atom. The van der Waals surface area contributed by atoms with Gasteiger partial charge < -0.3 is 5.32 Å². The van der Waals surface area contributed by atoms with Crippen molar-refractivity contribution in [1.29, 1.82) is 0 Å². The average Bonchev–Trinajstić information content (AvgIpc) is 2.45. The Balaban J connectivity index is 2.00. The summed E-state index contributed by atoms with van der Waals surface area (Å²) >= 11 is 0. The van der Waals surface area contributed by atoms with Crippen LogP contribution >= 0.6 is 0 Å². The topological polar surface area (TPSA) is 70.6 Å². The number of carbonyl (C=O) groups excluding carboxylic acids is 2. The van der Waals surface area contributed by atoms with Crippen LogP contribution in [0.2, 0.25) is 0 Å². The number of hydrogen-bond donors (Lipinski definition) is 2. The minimum atomic E-state index is -0.223. The first kappa shape index (κ1) is 16.2. The van der Waals surface area contributed by atoms with E-state index in [1.54, 1.807) is 0 Å². The molecule has 0 unspecified atom stereocenters. The maximum atomic E-state index is 12.0. The van der Waals surface area contributed by atoms with Crippen molar-refractivity contribution in [3.05, 3.63) is 34.9 Å². The quantitative estimate of drug-likeness (QED) is 0.898. The van der Waals surface area contributed by atoms with E-state index >= 15 is 0 Å². The Labute approximate surface area is 131 Å². The Morgan fingerprint density at radius 3 is 2.59 bits per heavy atom. The van der Waals surface area contributed by atoms with E-state index in [1.165, 1.54) is 5.56 Å². The molecule has 0 spiro atoms. The SMILES string of the molecule is Cc1cc(C(C)(C)C)ccc1CNC(=O)C1=NNC(=O)CC1. The Hall–Kier alpha value is -2.17. The van der Waals surface area contributed by atoms with E-state index in [4.69, 9.17) is 0 Å². The number of hydrazone groups is 1.